The first-order chi connectivity index (χ1) is 10.9. The van der Waals surface area contributed by atoms with Gasteiger partial charge in [0.2, 0.25) is 0 Å². The summed E-state index contributed by atoms with van der Waals surface area (Å²) >= 11 is 0. The standard InChI is InChI=1S/C13H18FN5O4/c1-6(22-2)13(4-20)7(21)3-8(23-13)19-5-16-9-10(15)17-12(14)18-11(9)19/h5-8,20-21H,3-4H2,1-2H3,(H2,15,17,18)/t6-,7+,8-,13+/m1/s1. The van der Waals surface area contributed by atoms with Gasteiger partial charge in [0, 0.05) is 13.5 Å². The van der Waals surface area contributed by atoms with E-state index in [-0.39, 0.29) is 23.4 Å². The Morgan fingerprint density at radius 3 is 3.00 bits per heavy atom. The van der Waals surface area contributed by atoms with Gasteiger partial charge in [0.05, 0.1) is 25.1 Å². The van der Waals surface area contributed by atoms with Crippen molar-refractivity contribution in [3.63, 3.8) is 0 Å². The number of methoxy groups -OCH3 is 1. The highest BCUT2D eigenvalue weighted by Gasteiger charge is 2.52. The molecule has 0 spiro atoms. The molecule has 2 aromatic rings. The average Bonchev–Trinajstić information content (AvgIpc) is 3.08. The quantitative estimate of drug-likeness (QED) is 0.647. The van der Waals surface area contributed by atoms with Crippen LogP contribution in [0.1, 0.15) is 19.6 Å². The summed E-state index contributed by atoms with van der Waals surface area (Å²) in [7, 11) is 1.46. The lowest BCUT2D eigenvalue weighted by molar-refractivity contribution is -0.185. The molecule has 4 N–H and O–H groups in total. The number of imidazole rings is 1. The molecule has 0 aliphatic carbocycles. The first-order valence-electron chi connectivity index (χ1n) is 7.08. The molecule has 10 heteroatoms. The molecule has 2 aromatic heterocycles. The summed E-state index contributed by atoms with van der Waals surface area (Å²) in [5, 5.41) is 20.1. The predicted molar refractivity (Wildman–Crippen MR) is 76.7 cm³/mol. The summed E-state index contributed by atoms with van der Waals surface area (Å²) in [6.07, 6.45) is -1.67. The third-order valence-electron chi connectivity index (χ3n) is 4.36. The van der Waals surface area contributed by atoms with Gasteiger partial charge >= 0.3 is 6.08 Å². The number of aromatic nitrogens is 4. The Balaban J connectivity index is 2.01. The Bertz CT molecular complexity index is 726. The second kappa shape index (κ2) is 5.64. The SMILES string of the molecule is CO[C@H](C)[C@]1(CO)O[C@@H](n2cnc3c(N)nc(F)nc32)C[C@@H]1O. The van der Waals surface area contributed by atoms with Crippen molar-refractivity contribution in [3.05, 3.63) is 12.4 Å². The smallest absolute Gasteiger partial charge is 0.312 e. The van der Waals surface area contributed by atoms with E-state index in [0.29, 0.717) is 0 Å². The van der Waals surface area contributed by atoms with Gasteiger partial charge < -0.3 is 25.4 Å². The number of ether oxygens (including phenoxy) is 2. The van der Waals surface area contributed by atoms with E-state index in [4.69, 9.17) is 15.2 Å². The second-order valence-electron chi connectivity index (χ2n) is 5.52. The molecule has 0 radical (unpaired) electrons. The molecule has 0 amide bonds. The third kappa shape index (κ3) is 2.34. The molecule has 0 bridgehead atoms. The topological polar surface area (TPSA) is 129 Å². The third-order valence-corrected chi connectivity index (χ3v) is 4.36. The zero-order chi connectivity index (χ0) is 16.8. The fraction of sp³-hybridized carbons (Fsp3) is 0.615. The van der Waals surface area contributed by atoms with Crippen molar-refractivity contribution in [1.82, 2.24) is 19.5 Å². The molecule has 1 aliphatic rings. The van der Waals surface area contributed by atoms with Crippen LogP contribution in [-0.4, -0.2) is 61.3 Å². The number of anilines is 1. The van der Waals surface area contributed by atoms with Gasteiger partial charge in [0.15, 0.2) is 17.0 Å². The van der Waals surface area contributed by atoms with E-state index in [1.54, 1.807) is 6.92 Å². The Morgan fingerprint density at radius 2 is 2.35 bits per heavy atom. The van der Waals surface area contributed by atoms with E-state index < -0.39 is 36.7 Å². The molecule has 1 saturated heterocycles. The zero-order valence-corrected chi connectivity index (χ0v) is 12.7. The number of aliphatic hydroxyl groups excluding tert-OH is 2. The van der Waals surface area contributed by atoms with Gasteiger partial charge in [-0.1, -0.05) is 0 Å². The number of aliphatic hydroxyl groups is 2. The number of rotatable bonds is 4. The lowest BCUT2D eigenvalue weighted by Gasteiger charge is -2.34. The van der Waals surface area contributed by atoms with Gasteiger partial charge in [-0.3, -0.25) is 4.57 Å². The molecule has 0 saturated carbocycles. The van der Waals surface area contributed by atoms with Gasteiger partial charge in [-0.15, -0.1) is 0 Å². The van der Waals surface area contributed by atoms with Crippen molar-refractivity contribution < 1.29 is 24.1 Å². The minimum atomic E-state index is -1.28. The van der Waals surface area contributed by atoms with E-state index >= 15 is 0 Å². The van der Waals surface area contributed by atoms with Crippen LogP contribution in [0.3, 0.4) is 0 Å². The lowest BCUT2D eigenvalue weighted by atomic mass is 9.92. The summed E-state index contributed by atoms with van der Waals surface area (Å²) < 4.78 is 26.0. The van der Waals surface area contributed by atoms with Gasteiger partial charge in [-0.25, -0.2) is 4.98 Å². The van der Waals surface area contributed by atoms with Crippen molar-refractivity contribution in [2.24, 2.45) is 0 Å². The van der Waals surface area contributed by atoms with E-state index in [0.717, 1.165) is 0 Å². The van der Waals surface area contributed by atoms with E-state index in [9.17, 15) is 14.6 Å². The highest BCUT2D eigenvalue weighted by molar-refractivity contribution is 5.81. The predicted octanol–water partition coefficient (Wildman–Crippen LogP) is -0.407. The Hall–Kier alpha value is -1.88. The Labute approximate surface area is 130 Å². The van der Waals surface area contributed by atoms with Gasteiger partial charge in [0.1, 0.15) is 11.8 Å². The highest BCUT2D eigenvalue weighted by Crippen LogP contribution is 2.40. The fourth-order valence-corrected chi connectivity index (χ4v) is 2.90. The minimum Gasteiger partial charge on any atom is -0.393 e. The van der Waals surface area contributed by atoms with Crippen LogP contribution in [0.2, 0.25) is 0 Å². The van der Waals surface area contributed by atoms with E-state index in [1.807, 2.05) is 0 Å². The number of hydrogen-bond acceptors (Lipinski definition) is 8. The van der Waals surface area contributed by atoms with Crippen LogP contribution in [0.4, 0.5) is 10.2 Å². The average molecular weight is 327 g/mol. The number of hydrogen-bond donors (Lipinski definition) is 3. The van der Waals surface area contributed by atoms with Crippen LogP contribution in [0.25, 0.3) is 11.2 Å². The summed E-state index contributed by atoms with van der Waals surface area (Å²) in [6.45, 7) is 1.26. The van der Waals surface area contributed by atoms with E-state index in [2.05, 4.69) is 15.0 Å². The van der Waals surface area contributed by atoms with Gasteiger partial charge in [-0.05, 0) is 6.92 Å². The highest BCUT2D eigenvalue weighted by atomic mass is 19.1. The maximum Gasteiger partial charge on any atom is 0.312 e. The molecule has 1 fully saturated rings. The van der Waals surface area contributed by atoms with Crippen LogP contribution in [0, 0.1) is 6.08 Å². The molecule has 9 nitrogen and oxygen atoms in total. The molecule has 126 valence electrons. The molecular formula is C13H18FN5O4. The number of nitrogens with two attached hydrogens (primary N) is 1. The van der Waals surface area contributed by atoms with Gasteiger partial charge in [-0.2, -0.15) is 14.4 Å². The van der Waals surface area contributed by atoms with Crippen LogP contribution in [0.5, 0.6) is 0 Å². The molecular weight excluding hydrogens is 309 g/mol. The summed E-state index contributed by atoms with van der Waals surface area (Å²) in [4.78, 5) is 11.2. The molecule has 23 heavy (non-hydrogen) atoms. The van der Waals surface area contributed by atoms with Crippen molar-refractivity contribution in [2.45, 2.75) is 37.4 Å². The normalized spacial score (nSPS) is 29.3. The molecule has 3 heterocycles. The Morgan fingerprint density at radius 1 is 1.61 bits per heavy atom. The fourth-order valence-electron chi connectivity index (χ4n) is 2.90. The molecule has 1 aliphatic heterocycles. The Kier molecular flexibility index (Phi) is 3.92. The monoisotopic (exact) mass is 327 g/mol. The summed E-state index contributed by atoms with van der Waals surface area (Å²) in [6, 6.07) is 0. The number of nitrogens with zero attached hydrogens (tertiary/aromatic N) is 4. The number of nitrogen functional groups attached to an aromatic ring is 1. The minimum absolute atomic E-state index is 0.0801. The maximum atomic E-state index is 13.4. The van der Waals surface area contributed by atoms with Crippen molar-refractivity contribution in [3.8, 4) is 0 Å². The molecule has 4 atom stereocenters. The van der Waals surface area contributed by atoms with E-state index in [1.165, 1.54) is 18.0 Å². The van der Waals surface area contributed by atoms with Crippen LogP contribution >= 0.6 is 0 Å². The summed E-state index contributed by atoms with van der Waals surface area (Å²) in [5.41, 5.74) is 4.74. The first-order valence-corrected chi connectivity index (χ1v) is 7.08. The van der Waals surface area contributed by atoms with Gasteiger partial charge in [0.25, 0.3) is 0 Å². The summed E-state index contributed by atoms with van der Waals surface area (Å²) in [5.74, 6) is -0.0801. The van der Waals surface area contributed by atoms with Crippen molar-refractivity contribution >= 4 is 17.0 Å². The van der Waals surface area contributed by atoms with Crippen LogP contribution in [0.15, 0.2) is 6.33 Å². The second-order valence-corrected chi connectivity index (χ2v) is 5.52. The number of fused-ring (bicyclic) bond motifs is 1. The van der Waals surface area contributed by atoms with Crippen molar-refractivity contribution in [2.75, 3.05) is 19.5 Å². The zero-order valence-electron chi connectivity index (χ0n) is 12.7. The number of halogens is 1. The lowest BCUT2D eigenvalue weighted by Crippen LogP contribution is -2.52. The molecule has 0 unspecified atom stereocenters. The molecule has 3 rings (SSSR count). The van der Waals surface area contributed by atoms with Crippen LogP contribution in [-0.2, 0) is 9.47 Å². The maximum absolute atomic E-state index is 13.4. The largest absolute Gasteiger partial charge is 0.393 e. The first kappa shape index (κ1) is 16.0. The molecule has 0 aromatic carbocycles. The van der Waals surface area contributed by atoms with Crippen LogP contribution < -0.4 is 5.73 Å². The van der Waals surface area contributed by atoms with Crippen molar-refractivity contribution in [1.29, 1.82) is 0 Å².